The SMILES string of the molecule is O=C(Nc1ccc2c(c1)CN(C(=O)C=Cc1ccccc1)C2)c1ccccc1-c1ccc(C(F)(F)F)cc1. The van der Waals surface area contributed by atoms with Crippen molar-refractivity contribution in [2.75, 3.05) is 5.32 Å². The van der Waals surface area contributed by atoms with Gasteiger partial charge in [-0.25, -0.2) is 0 Å². The van der Waals surface area contributed by atoms with Crippen LogP contribution in [0.3, 0.4) is 0 Å². The topological polar surface area (TPSA) is 49.4 Å². The average Bonchev–Trinajstić information content (AvgIpc) is 3.35. The van der Waals surface area contributed by atoms with Crippen LogP contribution in [0.4, 0.5) is 18.9 Å². The van der Waals surface area contributed by atoms with Gasteiger partial charge >= 0.3 is 6.18 Å². The number of anilines is 1. The molecule has 0 fully saturated rings. The van der Waals surface area contributed by atoms with Gasteiger partial charge in [0.1, 0.15) is 0 Å². The zero-order chi connectivity index (χ0) is 26.7. The van der Waals surface area contributed by atoms with Gasteiger partial charge in [0, 0.05) is 30.4 Å². The lowest BCUT2D eigenvalue weighted by Gasteiger charge is -2.13. The molecule has 2 amide bonds. The molecule has 0 atom stereocenters. The van der Waals surface area contributed by atoms with E-state index in [1.165, 1.54) is 12.1 Å². The average molecular weight is 513 g/mol. The Bertz CT molecular complexity index is 1510. The molecule has 1 aliphatic heterocycles. The number of fused-ring (bicyclic) bond motifs is 1. The molecule has 38 heavy (non-hydrogen) atoms. The molecule has 0 saturated carbocycles. The highest BCUT2D eigenvalue weighted by Gasteiger charge is 2.30. The van der Waals surface area contributed by atoms with Crippen molar-refractivity contribution in [1.82, 2.24) is 4.90 Å². The number of carbonyl (C=O) groups is 2. The van der Waals surface area contributed by atoms with Crippen molar-refractivity contribution < 1.29 is 22.8 Å². The van der Waals surface area contributed by atoms with Gasteiger partial charge in [-0.3, -0.25) is 9.59 Å². The van der Waals surface area contributed by atoms with Crippen LogP contribution in [0.25, 0.3) is 17.2 Å². The van der Waals surface area contributed by atoms with E-state index < -0.39 is 11.7 Å². The van der Waals surface area contributed by atoms with E-state index in [0.29, 0.717) is 35.5 Å². The Morgan fingerprint density at radius 1 is 0.789 bits per heavy atom. The lowest BCUT2D eigenvalue weighted by Crippen LogP contribution is -2.22. The lowest BCUT2D eigenvalue weighted by molar-refractivity contribution is -0.137. The van der Waals surface area contributed by atoms with Gasteiger partial charge in [0.15, 0.2) is 0 Å². The van der Waals surface area contributed by atoms with Crippen molar-refractivity contribution in [3.05, 3.63) is 131 Å². The minimum Gasteiger partial charge on any atom is -0.330 e. The van der Waals surface area contributed by atoms with Gasteiger partial charge in [0.2, 0.25) is 5.91 Å². The summed E-state index contributed by atoms with van der Waals surface area (Å²) in [5.41, 5.74) is 4.11. The van der Waals surface area contributed by atoms with E-state index in [9.17, 15) is 22.8 Å². The number of nitrogens with one attached hydrogen (secondary N) is 1. The third kappa shape index (κ3) is 5.52. The van der Waals surface area contributed by atoms with Crippen LogP contribution < -0.4 is 5.32 Å². The predicted molar refractivity (Wildman–Crippen MR) is 141 cm³/mol. The van der Waals surface area contributed by atoms with Crippen molar-refractivity contribution in [2.24, 2.45) is 0 Å². The molecule has 0 unspecified atom stereocenters. The molecule has 4 nitrogen and oxygen atoms in total. The molecule has 190 valence electrons. The van der Waals surface area contributed by atoms with Gasteiger partial charge in [-0.15, -0.1) is 0 Å². The summed E-state index contributed by atoms with van der Waals surface area (Å²) in [4.78, 5) is 27.6. The van der Waals surface area contributed by atoms with Crippen LogP contribution in [-0.4, -0.2) is 16.7 Å². The Kier molecular flexibility index (Phi) is 6.83. The number of nitrogens with zero attached hydrogens (tertiary/aromatic N) is 1. The zero-order valence-corrected chi connectivity index (χ0v) is 20.2. The second kappa shape index (κ2) is 10.4. The summed E-state index contributed by atoms with van der Waals surface area (Å²) in [5, 5.41) is 2.89. The summed E-state index contributed by atoms with van der Waals surface area (Å²) in [6.07, 6.45) is -1.09. The van der Waals surface area contributed by atoms with Gasteiger partial charge in [-0.2, -0.15) is 13.2 Å². The fourth-order valence-corrected chi connectivity index (χ4v) is 4.44. The lowest BCUT2D eigenvalue weighted by atomic mass is 9.98. The van der Waals surface area contributed by atoms with E-state index in [2.05, 4.69) is 5.32 Å². The molecule has 0 radical (unpaired) electrons. The first kappa shape index (κ1) is 25.0. The molecule has 0 bridgehead atoms. The van der Waals surface area contributed by atoms with Crippen molar-refractivity contribution >= 4 is 23.6 Å². The number of hydrogen-bond acceptors (Lipinski definition) is 2. The molecule has 4 aromatic rings. The van der Waals surface area contributed by atoms with Crippen LogP contribution in [0.2, 0.25) is 0 Å². The highest BCUT2D eigenvalue weighted by Crippen LogP contribution is 2.32. The van der Waals surface area contributed by atoms with E-state index in [4.69, 9.17) is 0 Å². The Balaban J connectivity index is 1.29. The van der Waals surface area contributed by atoms with Crippen LogP contribution in [0.15, 0.2) is 103 Å². The van der Waals surface area contributed by atoms with Gasteiger partial charge in [0.05, 0.1) is 5.56 Å². The second-order valence-electron chi connectivity index (χ2n) is 9.00. The fourth-order valence-electron chi connectivity index (χ4n) is 4.44. The quantitative estimate of drug-likeness (QED) is 0.288. The van der Waals surface area contributed by atoms with Crippen molar-refractivity contribution in [3.8, 4) is 11.1 Å². The van der Waals surface area contributed by atoms with Gasteiger partial charge in [-0.1, -0.05) is 66.7 Å². The summed E-state index contributed by atoms with van der Waals surface area (Å²) in [6.45, 7) is 0.914. The van der Waals surface area contributed by atoms with Crippen molar-refractivity contribution in [3.63, 3.8) is 0 Å². The van der Waals surface area contributed by atoms with E-state index in [0.717, 1.165) is 28.8 Å². The Morgan fingerprint density at radius 3 is 2.21 bits per heavy atom. The Labute approximate surface area is 218 Å². The Morgan fingerprint density at radius 2 is 1.47 bits per heavy atom. The number of amides is 2. The fraction of sp³-hybridized carbons (Fsp3) is 0.0968. The predicted octanol–water partition coefficient (Wildman–Crippen LogP) is 7.18. The van der Waals surface area contributed by atoms with Crippen LogP contribution in [0, 0.1) is 0 Å². The molecular weight excluding hydrogens is 489 g/mol. The molecule has 0 aliphatic carbocycles. The molecule has 5 rings (SSSR count). The van der Waals surface area contributed by atoms with Crippen LogP contribution >= 0.6 is 0 Å². The molecule has 4 aromatic carbocycles. The number of halogens is 3. The minimum atomic E-state index is -4.43. The third-order valence-electron chi connectivity index (χ3n) is 6.41. The first-order chi connectivity index (χ1) is 18.3. The smallest absolute Gasteiger partial charge is 0.330 e. The highest BCUT2D eigenvalue weighted by atomic mass is 19.4. The summed E-state index contributed by atoms with van der Waals surface area (Å²) in [6, 6.07) is 26.6. The molecule has 1 aliphatic rings. The number of alkyl halides is 3. The summed E-state index contributed by atoms with van der Waals surface area (Å²) in [7, 11) is 0. The van der Waals surface area contributed by atoms with E-state index in [1.54, 1.807) is 47.4 Å². The molecule has 0 spiro atoms. The Hall–Kier alpha value is -4.65. The molecule has 0 saturated heterocycles. The molecule has 1 N–H and O–H groups in total. The van der Waals surface area contributed by atoms with Gasteiger partial charge in [-0.05, 0) is 64.2 Å². The largest absolute Gasteiger partial charge is 0.416 e. The van der Waals surface area contributed by atoms with E-state index in [1.807, 2.05) is 42.5 Å². The first-order valence-corrected chi connectivity index (χ1v) is 12.0. The molecular formula is C31H23F3N2O2. The number of hydrogen-bond donors (Lipinski definition) is 1. The second-order valence-corrected chi connectivity index (χ2v) is 9.00. The standard InChI is InChI=1S/C31H23F3N2O2/c32-31(33,34)25-14-11-22(12-15-25)27-8-4-5-9-28(27)30(38)35-26-16-13-23-19-36(20-24(23)18-26)29(37)17-10-21-6-2-1-3-7-21/h1-18H,19-20H2,(H,35,38). The van der Waals surface area contributed by atoms with Gasteiger partial charge in [0.25, 0.3) is 5.91 Å². The number of benzene rings is 4. The summed E-state index contributed by atoms with van der Waals surface area (Å²) in [5.74, 6) is -0.474. The van der Waals surface area contributed by atoms with E-state index in [-0.39, 0.29) is 11.8 Å². The summed E-state index contributed by atoms with van der Waals surface area (Å²) >= 11 is 0. The van der Waals surface area contributed by atoms with Crippen molar-refractivity contribution in [2.45, 2.75) is 19.3 Å². The molecule has 7 heteroatoms. The van der Waals surface area contributed by atoms with Gasteiger partial charge < -0.3 is 10.2 Å². The van der Waals surface area contributed by atoms with Crippen LogP contribution in [0.1, 0.15) is 32.6 Å². The van der Waals surface area contributed by atoms with Crippen molar-refractivity contribution in [1.29, 1.82) is 0 Å². The molecule has 1 heterocycles. The number of carbonyl (C=O) groups excluding carboxylic acids is 2. The van der Waals surface area contributed by atoms with Crippen LogP contribution in [0.5, 0.6) is 0 Å². The maximum absolute atomic E-state index is 13.2. The monoisotopic (exact) mass is 512 g/mol. The maximum Gasteiger partial charge on any atom is 0.416 e. The minimum absolute atomic E-state index is 0.0962. The summed E-state index contributed by atoms with van der Waals surface area (Å²) < 4.78 is 38.9. The molecule has 0 aromatic heterocycles. The van der Waals surface area contributed by atoms with Crippen LogP contribution in [-0.2, 0) is 24.1 Å². The maximum atomic E-state index is 13.2. The number of rotatable bonds is 5. The third-order valence-corrected chi connectivity index (χ3v) is 6.41. The normalized spacial score (nSPS) is 13.0. The zero-order valence-electron chi connectivity index (χ0n) is 20.2. The first-order valence-electron chi connectivity index (χ1n) is 12.0. The van der Waals surface area contributed by atoms with E-state index >= 15 is 0 Å². The highest BCUT2D eigenvalue weighted by molar-refractivity contribution is 6.08.